The van der Waals surface area contributed by atoms with Crippen molar-refractivity contribution in [1.29, 1.82) is 0 Å². The molecule has 0 aliphatic carbocycles. The van der Waals surface area contributed by atoms with Gasteiger partial charge in [-0.25, -0.2) is 4.79 Å². The Balaban J connectivity index is 1.62. The number of hydrogen-bond donors (Lipinski definition) is 1. The van der Waals surface area contributed by atoms with E-state index >= 15 is 0 Å². The number of carbonyl (C=O) groups excluding carboxylic acids is 2. The summed E-state index contributed by atoms with van der Waals surface area (Å²) in [5, 5.41) is 6.08. The molecule has 7 heteroatoms. The maximum absolute atomic E-state index is 12.1. The molecule has 0 aliphatic heterocycles. The lowest BCUT2D eigenvalue weighted by molar-refractivity contribution is -0.119. The Hall–Kier alpha value is -3.35. The van der Waals surface area contributed by atoms with E-state index in [2.05, 4.69) is 10.5 Å². The van der Waals surface area contributed by atoms with Gasteiger partial charge in [0.05, 0.1) is 6.26 Å². The molecule has 24 heavy (non-hydrogen) atoms. The van der Waals surface area contributed by atoms with Crippen molar-refractivity contribution in [2.24, 2.45) is 0 Å². The fourth-order valence-corrected chi connectivity index (χ4v) is 2.11. The van der Waals surface area contributed by atoms with E-state index in [1.54, 1.807) is 19.1 Å². The minimum Gasteiger partial charge on any atom is -0.457 e. The molecule has 0 saturated carbocycles. The second-order valence-electron chi connectivity index (χ2n) is 4.98. The Kier molecular flexibility index (Phi) is 4.42. The monoisotopic (exact) mass is 326 g/mol. The first-order chi connectivity index (χ1) is 11.6. The Morgan fingerprint density at radius 1 is 1.21 bits per heavy atom. The first kappa shape index (κ1) is 15.5. The lowest BCUT2D eigenvalue weighted by atomic mass is 10.1. The van der Waals surface area contributed by atoms with E-state index in [1.165, 1.54) is 6.26 Å². The van der Waals surface area contributed by atoms with E-state index in [1.807, 2.05) is 30.3 Å². The molecule has 7 nitrogen and oxygen atoms in total. The molecule has 0 bridgehead atoms. The van der Waals surface area contributed by atoms with E-state index < -0.39 is 18.5 Å². The highest BCUT2D eigenvalue weighted by atomic mass is 16.5. The number of amides is 1. The summed E-state index contributed by atoms with van der Waals surface area (Å²) in [4.78, 5) is 23.9. The minimum atomic E-state index is -0.717. The second-order valence-corrected chi connectivity index (χ2v) is 4.98. The third-order valence-corrected chi connectivity index (χ3v) is 3.17. The molecular weight excluding hydrogens is 312 g/mol. The van der Waals surface area contributed by atoms with Crippen LogP contribution in [0.15, 0.2) is 57.7 Å². The summed E-state index contributed by atoms with van der Waals surface area (Å²) in [6.45, 7) is 1.24. The largest absolute Gasteiger partial charge is 0.457 e. The van der Waals surface area contributed by atoms with Crippen molar-refractivity contribution in [2.75, 3.05) is 11.9 Å². The third kappa shape index (κ3) is 3.52. The SMILES string of the molecule is Cc1cc(NC(=O)COC(=O)c2occc2-c2ccccc2)no1. The van der Waals surface area contributed by atoms with Gasteiger partial charge in [-0.1, -0.05) is 35.5 Å². The quantitative estimate of drug-likeness (QED) is 0.724. The van der Waals surface area contributed by atoms with Gasteiger partial charge in [0.1, 0.15) is 5.76 Å². The molecule has 1 amide bonds. The molecule has 2 heterocycles. The lowest BCUT2D eigenvalue weighted by Gasteiger charge is -2.05. The maximum Gasteiger partial charge on any atom is 0.375 e. The van der Waals surface area contributed by atoms with E-state index in [4.69, 9.17) is 13.7 Å². The number of nitrogens with one attached hydrogen (secondary N) is 1. The van der Waals surface area contributed by atoms with Crippen molar-refractivity contribution < 1.29 is 23.3 Å². The summed E-state index contributed by atoms with van der Waals surface area (Å²) in [5.74, 6) is -0.372. The molecule has 1 aromatic carbocycles. The van der Waals surface area contributed by atoms with Gasteiger partial charge in [-0.15, -0.1) is 0 Å². The smallest absolute Gasteiger partial charge is 0.375 e. The molecule has 0 aliphatic rings. The molecule has 2 aromatic heterocycles. The van der Waals surface area contributed by atoms with Crippen molar-refractivity contribution in [3.8, 4) is 11.1 Å². The standard InChI is InChI=1S/C17H14N2O5/c1-11-9-14(19-24-11)18-15(20)10-23-17(21)16-13(7-8-22-16)12-5-3-2-4-6-12/h2-9H,10H2,1H3,(H,18,19,20). The van der Waals surface area contributed by atoms with E-state index in [0.717, 1.165) is 5.56 Å². The normalized spacial score (nSPS) is 10.4. The highest BCUT2D eigenvalue weighted by Crippen LogP contribution is 2.25. The van der Waals surface area contributed by atoms with Crippen molar-refractivity contribution in [3.63, 3.8) is 0 Å². The zero-order chi connectivity index (χ0) is 16.9. The molecule has 0 radical (unpaired) electrons. The number of anilines is 1. The first-order valence-electron chi connectivity index (χ1n) is 7.16. The van der Waals surface area contributed by atoms with Crippen LogP contribution in [-0.4, -0.2) is 23.6 Å². The Morgan fingerprint density at radius 3 is 2.71 bits per heavy atom. The van der Waals surface area contributed by atoms with Gasteiger partial charge in [0.25, 0.3) is 5.91 Å². The number of rotatable bonds is 5. The van der Waals surface area contributed by atoms with Gasteiger partial charge in [0.2, 0.25) is 5.76 Å². The molecule has 0 fully saturated rings. The molecule has 3 rings (SSSR count). The van der Waals surface area contributed by atoms with Crippen LogP contribution in [0.1, 0.15) is 16.3 Å². The van der Waals surface area contributed by atoms with Gasteiger partial charge in [0, 0.05) is 11.6 Å². The fourth-order valence-electron chi connectivity index (χ4n) is 2.11. The van der Waals surface area contributed by atoms with E-state index in [-0.39, 0.29) is 11.6 Å². The topological polar surface area (TPSA) is 94.6 Å². The molecule has 0 saturated heterocycles. The molecule has 0 unspecified atom stereocenters. The number of ether oxygens (including phenoxy) is 1. The Bertz CT molecular complexity index is 851. The average molecular weight is 326 g/mol. The number of furan rings is 1. The highest BCUT2D eigenvalue weighted by molar-refractivity contribution is 5.97. The zero-order valence-corrected chi connectivity index (χ0v) is 12.8. The van der Waals surface area contributed by atoms with Crippen molar-refractivity contribution in [3.05, 3.63) is 60.2 Å². The third-order valence-electron chi connectivity index (χ3n) is 3.17. The Labute approximate surface area is 137 Å². The predicted octanol–water partition coefficient (Wildman–Crippen LogP) is 3.04. The zero-order valence-electron chi connectivity index (χ0n) is 12.8. The molecule has 122 valence electrons. The molecule has 0 spiro atoms. The number of aromatic nitrogens is 1. The number of esters is 1. The van der Waals surface area contributed by atoms with Crippen LogP contribution < -0.4 is 5.32 Å². The van der Waals surface area contributed by atoms with Gasteiger partial charge >= 0.3 is 5.97 Å². The summed E-state index contributed by atoms with van der Waals surface area (Å²) in [6.07, 6.45) is 1.40. The number of benzene rings is 1. The average Bonchev–Trinajstić information content (AvgIpc) is 3.22. The summed E-state index contributed by atoms with van der Waals surface area (Å²) >= 11 is 0. The van der Waals surface area contributed by atoms with Gasteiger partial charge in [0.15, 0.2) is 12.4 Å². The molecule has 1 N–H and O–H groups in total. The first-order valence-corrected chi connectivity index (χ1v) is 7.16. The maximum atomic E-state index is 12.1. The minimum absolute atomic E-state index is 0.0475. The fraction of sp³-hybridized carbons (Fsp3) is 0.118. The highest BCUT2D eigenvalue weighted by Gasteiger charge is 2.19. The van der Waals surface area contributed by atoms with E-state index in [9.17, 15) is 9.59 Å². The van der Waals surface area contributed by atoms with Crippen LogP contribution in [0.4, 0.5) is 5.82 Å². The van der Waals surface area contributed by atoms with Crippen LogP contribution in [0.5, 0.6) is 0 Å². The van der Waals surface area contributed by atoms with Gasteiger partial charge in [-0.3, -0.25) is 4.79 Å². The van der Waals surface area contributed by atoms with Crippen molar-refractivity contribution in [2.45, 2.75) is 6.92 Å². The van der Waals surface area contributed by atoms with Crippen LogP contribution in [0, 0.1) is 6.92 Å². The summed E-state index contributed by atoms with van der Waals surface area (Å²) in [7, 11) is 0. The molecular formula is C17H14N2O5. The lowest BCUT2D eigenvalue weighted by Crippen LogP contribution is -2.21. The summed E-state index contributed by atoms with van der Waals surface area (Å²) in [5.41, 5.74) is 1.42. The van der Waals surface area contributed by atoms with Crippen molar-refractivity contribution >= 4 is 17.7 Å². The number of nitrogens with zero attached hydrogens (tertiary/aromatic N) is 1. The second kappa shape index (κ2) is 6.82. The van der Waals surface area contributed by atoms with Crippen LogP contribution in [0.2, 0.25) is 0 Å². The van der Waals surface area contributed by atoms with Gasteiger partial charge in [-0.2, -0.15) is 0 Å². The number of hydrogen-bond acceptors (Lipinski definition) is 6. The number of aryl methyl sites for hydroxylation is 1. The van der Waals surface area contributed by atoms with Crippen molar-refractivity contribution in [1.82, 2.24) is 5.16 Å². The van der Waals surface area contributed by atoms with Crippen LogP contribution >= 0.6 is 0 Å². The van der Waals surface area contributed by atoms with Gasteiger partial charge in [-0.05, 0) is 18.6 Å². The summed E-state index contributed by atoms with van der Waals surface area (Å²) < 4.78 is 15.0. The summed E-state index contributed by atoms with van der Waals surface area (Å²) in [6, 6.07) is 12.5. The predicted molar refractivity (Wildman–Crippen MR) is 84.3 cm³/mol. The Morgan fingerprint density at radius 2 is 2.00 bits per heavy atom. The van der Waals surface area contributed by atoms with Crippen LogP contribution in [0.25, 0.3) is 11.1 Å². The molecule has 0 atom stereocenters. The van der Waals surface area contributed by atoms with Gasteiger partial charge < -0.3 is 19.0 Å². The van der Waals surface area contributed by atoms with Crippen LogP contribution in [0.3, 0.4) is 0 Å². The van der Waals surface area contributed by atoms with Crippen LogP contribution in [-0.2, 0) is 9.53 Å². The molecule has 3 aromatic rings. The van der Waals surface area contributed by atoms with E-state index in [0.29, 0.717) is 11.3 Å². The number of carbonyl (C=O) groups is 2.